The van der Waals surface area contributed by atoms with Crippen LogP contribution in [0.15, 0.2) is 42.5 Å². The number of carbonyl (C=O) groups excluding carboxylic acids is 1. The molecule has 0 saturated heterocycles. The van der Waals surface area contributed by atoms with E-state index in [1.54, 1.807) is 19.1 Å². The average Bonchev–Trinajstić information content (AvgIpc) is 2.87. The molecule has 0 aliphatic carbocycles. The van der Waals surface area contributed by atoms with Crippen LogP contribution in [0.1, 0.15) is 46.6 Å². The van der Waals surface area contributed by atoms with E-state index in [-0.39, 0.29) is 11.7 Å². The molecule has 1 aliphatic heterocycles. The van der Waals surface area contributed by atoms with Crippen LogP contribution in [0.2, 0.25) is 0 Å². The first-order valence-corrected chi connectivity index (χ1v) is 9.77. The molecule has 5 heteroatoms. The van der Waals surface area contributed by atoms with E-state index in [0.717, 1.165) is 49.3 Å². The van der Waals surface area contributed by atoms with Gasteiger partial charge >= 0.3 is 0 Å². The summed E-state index contributed by atoms with van der Waals surface area (Å²) in [4.78, 5) is 17.7. The van der Waals surface area contributed by atoms with Crippen LogP contribution in [-0.4, -0.2) is 15.5 Å². The highest BCUT2D eigenvalue weighted by Crippen LogP contribution is 2.28. The molecule has 1 aliphatic rings. The number of nitrogens with zero attached hydrogens (tertiary/aromatic N) is 2. The second-order valence-corrected chi connectivity index (χ2v) is 7.48. The average molecular weight is 377 g/mol. The van der Waals surface area contributed by atoms with Crippen LogP contribution in [0.5, 0.6) is 0 Å². The topological polar surface area (TPSA) is 46.9 Å². The molecule has 0 unspecified atom stereocenters. The summed E-state index contributed by atoms with van der Waals surface area (Å²) in [6.45, 7) is 4.61. The first kappa shape index (κ1) is 18.4. The van der Waals surface area contributed by atoms with Crippen LogP contribution >= 0.6 is 0 Å². The third-order valence-corrected chi connectivity index (χ3v) is 5.32. The molecule has 0 atom stereocenters. The second kappa shape index (κ2) is 7.58. The number of benzene rings is 2. The molecule has 28 heavy (non-hydrogen) atoms. The quantitative estimate of drug-likeness (QED) is 0.675. The van der Waals surface area contributed by atoms with E-state index >= 15 is 0 Å². The third kappa shape index (κ3) is 3.57. The zero-order chi connectivity index (χ0) is 19.7. The Bertz CT molecular complexity index is 1020. The van der Waals surface area contributed by atoms with Gasteiger partial charge in [0.05, 0.1) is 5.69 Å². The summed E-state index contributed by atoms with van der Waals surface area (Å²) < 4.78 is 16.0. The van der Waals surface area contributed by atoms with Gasteiger partial charge in [-0.1, -0.05) is 42.3 Å². The SMILES string of the molecule is Cc1ccc(-c2nc(C(=O)Nc3ccc(C)c(F)c3)c3n2CCCCC3)cc1. The van der Waals surface area contributed by atoms with Gasteiger partial charge in [0, 0.05) is 17.8 Å². The summed E-state index contributed by atoms with van der Waals surface area (Å²) in [5, 5.41) is 2.82. The van der Waals surface area contributed by atoms with E-state index in [9.17, 15) is 9.18 Å². The number of aryl methyl sites for hydroxylation is 2. The van der Waals surface area contributed by atoms with Crippen molar-refractivity contribution in [3.63, 3.8) is 0 Å². The van der Waals surface area contributed by atoms with Crippen molar-refractivity contribution in [1.29, 1.82) is 0 Å². The minimum absolute atomic E-state index is 0.285. The number of anilines is 1. The highest BCUT2D eigenvalue weighted by Gasteiger charge is 2.24. The van der Waals surface area contributed by atoms with Crippen molar-refractivity contribution in [3.05, 3.63) is 70.8 Å². The van der Waals surface area contributed by atoms with Crippen LogP contribution in [-0.2, 0) is 13.0 Å². The van der Waals surface area contributed by atoms with Crippen molar-refractivity contribution in [2.75, 3.05) is 5.32 Å². The number of hydrogen-bond donors (Lipinski definition) is 1. The Kier molecular flexibility index (Phi) is 4.99. The van der Waals surface area contributed by atoms with Crippen LogP contribution in [0.25, 0.3) is 11.4 Å². The maximum atomic E-state index is 13.8. The molecule has 4 nitrogen and oxygen atoms in total. The zero-order valence-electron chi connectivity index (χ0n) is 16.3. The lowest BCUT2D eigenvalue weighted by Gasteiger charge is -2.09. The summed E-state index contributed by atoms with van der Waals surface area (Å²) >= 11 is 0. The molecule has 2 heterocycles. The highest BCUT2D eigenvalue weighted by molar-refractivity contribution is 6.04. The molecular formula is C23H24FN3O. The lowest BCUT2D eigenvalue weighted by atomic mass is 10.1. The predicted octanol–water partition coefficient (Wildman–Crippen LogP) is 5.28. The fraction of sp³-hybridized carbons (Fsp3) is 0.304. The molecule has 3 aromatic rings. The molecule has 0 fully saturated rings. The number of halogens is 1. The Morgan fingerprint density at radius 2 is 1.86 bits per heavy atom. The van der Waals surface area contributed by atoms with Gasteiger partial charge in [-0.2, -0.15) is 0 Å². The summed E-state index contributed by atoms with van der Waals surface area (Å²) in [6.07, 6.45) is 4.08. The maximum Gasteiger partial charge on any atom is 0.276 e. The smallest absolute Gasteiger partial charge is 0.276 e. The summed E-state index contributed by atoms with van der Waals surface area (Å²) in [5.74, 6) is 0.214. The molecule has 1 amide bonds. The van der Waals surface area contributed by atoms with E-state index in [4.69, 9.17) is 4.98 Å². The van der Waals surface area contributed by atoms with Gasteiger partial charge in [-0.15, -0.1) is 0 Å². The second-order valence-electron chi connectivity index (χ2n) is 7.48. The van der Waals surface area contributed by atoms with Crippen molar-refractivity contribution >= 4 is 11.6 Å². The van der Waals surface area contributed by atoms with Crippen molar-refractivity contribution in [3.8, 4) is 11.4 Å². The van der Waals surface area contributed by atoms with Gasteiger partial charge in [-0.3, -0.25) is 4.79 Å². The van der Waals surface area contributed by atoms with Gasteiger partial charge in [-0.05, 0) is 50.8 Å². The largest absolute Gasteiger partial charge is 0.327 e. The number of hydrogen-bond acceptors (Lipinski definition) is 2. The lowest BCUT2D eigenvalue weighted by Crippen LogP contribution is -2.15. The number of nitrogens with one attached hydrogen (secondary N) is 1. The Balaban J connectivity index is 1.72. The van der Waals surface area contributed by atoms with E-state index in [1.165, 1.54) is 11.6 Å². The number of fused-ring (bicyclic) bond motifs is 1. The van der Waals surface area contributed by atoms with Crippen molar-refractivity contribution in [1.82, 2.24) is 9.55 Å². The lowest BCUT2D eigenvalue weighted by molar-refractivity contribution is 0.102. The maximum absolute atomic E-state index is 13.8. The molecule has 1 N–H and O–H groups in total. The Labute approximate surface area is 164 Å². The van der Waals surface area contributed by atoms with Crippen LogP contribution in [0, 0.1) is 19.7 Å². The van der Waals surface area contributed by atoms with Crippen molar-refractivity contribution < 1.29 is 9.18 Å². The van der Waals surface area contributed by atoms with Crippen LogP contribution in [0.4, 0.5) is 10.1 Å². The normalized spacial score (nSPS) is 13.7. The van der Waals surface area contributed by atoms with E-state index in [2.05, 4.69) is 28.9 Å². The molecule has 2 aromatic carbocycles. The molecule has 0 spiro atoms. The van der Waals surface area contributed by atoms with Gasteiger partial charge in [-0.25, -0.2) is 9.37 Å². The molecule has 1 aromatic heterocycles. The summed E-state index contributed by atoms with van der Waals surface area (Å²) in [5.41, 5.74) is 4.60. The zero-order valence-corrected chi connectivity index (χ0v) is 16.3. The monoisotopic (exact) mass is 377 g/mol. The molecule has 0 bridgehead atoms. The Hall–Kier alpha value is -2.95. The molecule has 144 valence electrons. The van der Waals surface area contributed by atoms with Gasteiger partial charge in [0.25, 0.3) is 5.91 Å². The van der Waals surface area contributed by atoms with E-state index in [0.29, 0.717) is 16.9 Å². The molecule has 0 radical (unpaired) electrons. The molecule has 4 rings (SSSR count). The van der Waals surface area contributed by atoms with Crippen LogP contribution < -0.4 is 5.32 Å². The Morgan fingerprint density at radius 1 is 1.07 bits per heavy atom. The van der Waals surface area contributed by atoms with Crippen LogP contribution in [0.3, 0.4) is 0 Å². The minimum Gasteiger partial charge on any atom is -0.327 e. The summed E-state index contributed by atoms with van der Waals surface area (Å²) in [7, 11) is 0. The van der Waals surface area contributed by atoms with Gasteiger partial charge in [0.1, 0.15) is 17.3 Å². The number of amides is 1. The first-order valence-electron chi connectivity index (χ1n) is 9.77. The number of carbonyl (C=O) groups is 1. The van der Waals surface area contributed by atoms with Crippen molar-refractivity contribution in [2.24, 2.45) is 0 Å². The third-order valence-electron chi connectivity index (χ3n) is 5.32. The number of imidazole rings is 1. The predicted molar refractivity (Wildman–Crippen MR) is 109 cm³/mol. The minimum atomic E-state index is -0.332. The molecule has 0 saturated carbocycles. The Morgan fingerprint density at radius 3 is 2.61 bits per heavy atom. The number of rotatable bonds is 3. The summed E-state index contributed by atoms with van der Waals surface area (Å²) in [6, 6.07) is 12.9. The first-order chi connectivity index (χ1) is 13.5. The fourth-order valence-electron chi connectivity index (χ4n) is 3.69. The van der Waals surface area contributed by atoms with E-state index < -0.39 is 0 Å². The van der Waals surface area contributed by atoms with Gasteiger partial charge in [0.15, 0.2) is 0 Å². The molecular weight excluding hydrogens is 353 g/mol. The van der Waals surface area contributed by atoms with E-state index in [1.807, 2.05) is 12.1 Å². The van der Waals surface area contributed by atoms with Gasteiger partial charge in [0.2, 0.25) is 0 Å². The standard InChI is InChI=1S/C23H24FN3O/c1-15-7-10-17(11-8-15)22-26-21(20-6-4-3-5-13-27(20)22)23(28)25-18-12-9-16(2)19(24)14-18/h7-12,14H,3-6,13H2,1-2H3,(H,25,28). The van der Waals surface area contributed by atoms with Gasteiger partial charge < -0.3 is 9.88 Å². The van der Waals surface area contributed by atoms with Crippen molar-refractivity contribution in [2.45, 2.75) is 46.1 Å². The number of aromatic nitrogens is 2. The highest BCUT2D eigenvalue weighted by atomic mass is 19.1. The fourth-order valence-corrected chi connectivity index (χ4v) is 3.69.